The first-order chi connectivity index (χ1) is 13.1. The van der Waals surface area contributed by atoms with E-state index in [0.717, 1.165) is 12.1 Å². The van der Waals surface area contributed by atoms with E-state index < -0.39 is 17.4 Å². The van der Waals surface area contributed by atoms with Crippen molar-refractivity contribution in [3.05, 3.63) is 94.3 Å². The quantitative estimate of drug-likeness (QED) is 0.582. The zero-order valence-electron chi connectivity index (χ0n) is 14.1. The van der Waals surface area contributed by atoms with Crippen LogP contribution in [0.3, 0.4) is 0 Å². The van der Waals surface area contributed by atoms with Crippen LogP contribution in [0.25, 0.3) is 22.3 Å². The molecule has 0 spiro atoms. The molecule has 0 radical (unpaired) electrons. The first-order valence-electron chi connectivity index (χ1n) is 8.27. The third-order valence-corrected chi connectivity index (χ3v) is 4.18. The maximum atomic E-state index is 13.8. The Labute approximate surface area is 153 Å². The molecule has 0 saturated heterocycles. The molecule has 6 heteroatoms. The van der Waals surface area contributed by atoms with Gasteiger partial charge in [-0.2, -0.15) is 0 Å². The van der Waals surface area contributed by atoms with Crippen molar-refractivity contribution in [1.82, 2.24) is 9.97 Å². The number of para-hydroxylation sites is 2. The summed E-state index contributed by atoms with van der Waals surface area (Å²) in [6, 6.07) is 17.6. The van der Waals surface area contributed by atoms with Crippen LogP contribution in [0.5, 0.6) is 5.75 Å². The summed E-state index contributed by atoms with van der Waals surface area (Å²) in [5.41, 5.74) is 1.56. The van der Waals surface area contributed by atoms with Gasteiger partial charge in [-0.25, -0.2) is 13.8 Å². The number of nitrogens with one attached hydrogen (secondary N) is 1. The van der Waals surface area contributed by atoms with Crippen LogP contribution in [0.15, 0.2) is 71.5 Å². The van der Waals surface area contributed by atoms with Crippen LogP contribution in [-0.4, -0.2) is 9.97 Å². The highest BCUT2D eigenvalue weighted by atomic mass is 19.1. The lowest BCUT2D eigenvalue weighted by Gasteiger charge is -2.12. The van der Waals surface area contributed by atoms with Crippen molar-refractivity contribution in [2.24, 2.45) is 0 Å². The number of benzene rings is 3. The van der Waals surface area contributed by atoms with Gasteiger partial charge in [0.1, 0.15) is 12.4 Å². The van der Waals surface area contributed by atoms with Crippen molar-refractivity contribution in [2.45, 2.75) is 6.61 Å². The second kappa shape index (κ2) is 6.99. The molecule has 1 aromatic heterocycles. The largest absolute Gasteiger partial charge is 0.483 e. The molecule has 0 saturated carbocycles. The van der Waals surface area contributed by atoms with E-state index in [2.05, 4.69) is 9.97 Å². The number of aromatic nitrogens is 2. The summed E-state index contributed by atoms with van der Waals surface area (Å²) >= 11 is 0. The van der Waals surface area contributed by atoms with Crippen LogP contribution in [0.4, 0.5) is 8.78 Å². The minimum atomic E-state index is -0.773. The number of halogens is 2. The monoisotopic (exact) mass is 364 g/mol. The van der Waals surface area contributed by atoms with Crippen LogP contribution in [0, 0.1) is 11.6 Å². The number of hydrogen-bond donors (Lipinski definition) is 1. The van der Waals surface area contributed by atoms with Gasteiger partial charge < -0.3 is 9.72 Å². The third-order valence-electron chi connectivity index (χ3n) is 4.18. The summed E-state index contributed by atoms with van der Waals surface area (Å²) in [5.74, 6) is -1.62. The standard InChI is InChI=1S/C21H14F2N2O2/c22-16-9-5-10-17(23)19(16)27-12-13-6-1-2-7-14(13)20-24-18-11-4-3-8-15(18)21(26)25-20/h1-11H,12H2,(H,24,25,26). The molecule has 27 heavy (non-hydrogen) atoms. The molecular weight excluding hydrogens is 350 g/mol. The summed E-state index contributed by atoms with van der Waals surface area (Å²) in [5, 5.41) is 0.489. The topological polar surface area (TPSA) is 55.0 Å². The lowest BCUT2D eigenvalue weighted by atomic mass is 10.1. The van der Waals surface area contributed by atoms with Crippen molar-refractivity contribution in [2.75, 3.05) is 0 Å². The Morgan fingerprint density at radius 3 is 2.41 bits per heavy atom. The van der Waals surface area contributed by atoms with Crippen LogP contribution in [-0.2, 0) is 6.61 Å². The van der Waals surface area contributed by atoms with Crippen molar-refractivity contribution < 1.29 is 13.5 Å². The van der Waals surface area contributed by atoms with Crippen LogP contribution in [0.2, 0.25) is 0 Å². The molecule has 0 aliphatic rings. The highest BCUT2D eigenvalue weighted by Crippen LogP contribution is 2.25. The van der Waals surface area contributed by atoms with Gasteiger partial charge >= 0.3 is 0 Å². The summed E-state index contributed by atoms with van der Waals surface area (Å²) in [7, 11) is 0. The van der Waals surface area contributed by atoms with E-state index >= 15 is 0 Å². The van der Waals surface area contributed by atoms with E-state index in [-0.39, 0.29) is 12.2 Å². The number of aromatic amines is 1. The molecule has 0 bridgehead atoms. The lowest BCUT2D eigenvalue weighted by Crippen LogP contribution is -2.10. The van der Waals surface area contributed by atoms with E-state index in [1.165, 1.54) is 6.07 Å². The molecule has 3 aromatic carbocycles. The predicted molar refractivity (Wildman–Crippen MR) is 98.5 cm³/mol. The zero-order valence-corrected chi connectivity index (χ0v) is 14.1. The van der Waals surface area contributed by atoms with Gasteiger partial charge in [0.2, 0.25) is 0 Å². The second-order valence-electron chi connectivity index (χ2n) is 5.93. The van der Waals surface area contributed by atoms with Gasteiger partial charge in [-0.3, -0.25) is 4.79 Å². The maximum absolute atomic E-state index is 13.8. The van der Waals surface area contributed by atoms with E-state index in [4.69, 9.17) is 4.74 Å². The van der Waals surface area contributed by atoms with Crippen LogP contribution >= 0.6 is 0 Å². The fourth-order valence-corrected chi connectivity index (χ4v) is 2.86. The molecule has 1 N–H and O–H groups in total. The summed E-state index contributed by atoms with van der Waals surface area (Å²) < 4.78 is 32.9. The Morgan fingerprint density at radius 2 is 1.59 bits per heavy atom. The fraction of sp³-hybridized carbons (Fsp3) is 0.0476. The van der Waals surface area contributed by atoms with Gasteiger partial charge in [-0.05, 0) is 24.3 Å². The van der Waals surface area contributed by atoms with Crippen molar-refractivity contribution in [3.8, 4) is 17.1 Å². The van der Waals surface area contributed by atoms with E-state index in [1.54, 1.807) is 48.5 Å². The molecule has 4 rings (SSSR count). The SMILES string of the molecule is O=c1[nH]c(-c2ccccc2COc2c(F)cccc2F)nc2ccccc12. The summed E-state index contributed by atoms with van der Waals surface area (Å²) in [6.45, 7) is -0.0788. The highest BCUT2D eigenvalue weighted by Gasteiger charge is 2.13. The highest BCUT2D eigenvalue weighted by molar-refractivity contribution is 5.79. The van der Waals surface area contributed by atoms with Crippen molar-refractivity contribution in [3.63, 3.8) is 0 Å². The molecule has 0 atom stereocenters. The van der Waals surface area contributed by atoms with Gasteiger partial charge in [0, 0.05) is 11.1 Å². The number of ether oxygens (including phenoxy) is 1. The zero-order chi connectivity index (χ0) is 18.8. The van der Waals surface area contributed by atoms with E-state index in [0.29, 0.717) is 27.9 Å². The second-order valence-corrected chi connectivity index (χ2v) is 5.93. The summed E-state index contributed by atoms with van der Waals surface area (Å²) in [4.78, 5) is 19.6. The molecule has 134 valence electrons. The molecule has 4 nitrogen and oxygen atoms in total. The Kier molecular flexibility index (Phi) is 4.38. The van der Waals surface area contributed by atoms with E-state index in [9.17, 15) is 13.6 Å². The molecule has 0 aliphatic carbocycles. The maximum Gasteiger partial charge on any atom is 0.259 e. The first kappa shape index (κ1) is 16.9. The molecule has 4 aromatic rings. The average molecular weight is 364 g/mol. The van der Waals surface area contributed by atoms with E-state index in [1.807, 2.05) is 0 Å². The molecular formula is C21H14F2N2O2. The van der Waals surface area contributed by atoms with Gasteiger partial charge in [0.15, 0.2) is 17.4 Å². The first-order valence-corrected chi connectivity index (χ1v) is 8.27. The van der Waals surface area contributed by atoms with Crippen molar-refractivity contribution >= 4 is 10.9 Å². The van der Waals surface area contributed by atoms with Gasteiger partial charge in [-0.1, -0.05) is 42.5 Å². The Bertz CT molecular complexity index is 1170. The molecule has 0 aliphatic heterocycles. The average Bonchev–Trinajstić information content (AvgIpc) is 2.68. The van der Waals surface area contributed by atoms with Gasteiger partial charge in [0.05, 0.1) is 10.9 Å². The molecule has 1 heterocycles. The minimum absolute atomic E-state index is 0.0788. The number of H-pyrrole nitrogens is 1. The Morgan fingerprint density at radius 1 is 0.889 bits per heavy atom. The summed E-state index contributed by atoms with van der Waals surface area (Å²) in [6.07, 6.45) is 0. The molecule has 0 amide bonds. The number of fused-ring (bicyclic) bond motifs is 1. The number of hydrogen-bond acceptors (Lipinski definition) is 3. The van der Waals surface area contributed by atoms with Crippen molar-refractivity contribution in [1.29, 1.82) is 0 Å². The molecule has 0 unspecified atom stereocenters. The van der Waals surface area contributed by atoms with Crippen LogP contribution in [0.1, 0.15) is 5.56 Å². The number of rotatable bonds is 4. The van der Waals surface area contributed by atoms with Crippen LogP contribution < -0.4 is 10.3 Å². The molecule has 0 fully saturated rings. The Hall–Kier alpha value is -3.54. The fourth-order valence-electron chi connectivity index (χ4n) is 2.86. The van der Waals surface area contributed by atoms with Gasteiger partial charge in [-0.15, -0.1) is 0 Å². The smallest absolute Gasteiger partial charge is 0.259 e. The number of nitrogens with zero attached hydrogens (tertiary/aromatic N) is 1. The van der Waals surface area contributed by atoms with Gasteiger partial charge in [0.25, 0.3) is 5.56 Å². The predicted octanol–water partition coefficient (Wildman–Crippen LogP) is 4.45. The lowest BCUT2D eigenvalue weighted by molar-refractivity contribution is 0.274. The normalized spacial score (nSPS) is 10.9. The third kappa shape index (κ3) is 3.29. The Balaban J connectivity index is 1.73. The minimum Gasteiger partial charge on any atom is -0.483 e.